The van der Waals surface area contributed by atoms with Crippen molar-refractivity contribution in [1.29, 1.82) is 0 Å². The summed E-state index contributed by atoms with van der Waals surface area (Å²) in [4.78, 5) is 31.5. The molecule has 6 aromatic carbocycles. The number of nitrogens with zero attached hydrogens (tertiary/aromatic N) is 4. The number of hydrogen-bond donors (Lipinski definition) is 4. The molecule has 8 rings (SSSR count). The molecule has 2 fully saturated rings. The van der Waals surface area contributed by atoms with Crippen molar-refractivity contribution < 1.29 is 28.2 Å². The van der Waals surface area contributed by atoms with Crippen LogP contribution in [0.5, 0.6) is 0 Å². The van der Waals surface area contributed by atoms with Gasteiger partial charge in [0.05, 0.1) is 15.5 Å². The number of anilines is 3. The molecule has 2 amide bonds. The third-order valence-electron chi connectivity index (χ3n) is 12.4. The zero-order valence-electron chi connectivity index (χ0n) is 38.1. The molecule has 2 aliphatic heterocycles. The second-order valence-corrected chi connectivity index (χ2v) is 19.4. The summed E-state index contributed by atoms with van der Waals surface area (Å²) in [7, 11) is -3.61. The number of thiocarbonyl (C=S) groups is 1. The third-order valence-corrected chi connectivity index (χ3v) is 14.6. The van der Waals surface area contributed by atoms with E-state index in [2.05, 4.69) is 81.1 Å². The standard InChI is InChI=1S/C36H40N4O2S.C18H20N2O4S/c41-36(42)39-25-23-34(40(32-20-11-4-12-21-32)35(43)37-31-18-9-3-10-19-31)26-33(39)22-13-24-38(27-29-14-5-1-6-15-29)28-30-16-7-2-8-17-30;21-18(22)20-12-10-14(11-13-20)19-16-8-4-5-9-17(16)25(23,24)15-6-2-1-3-7-15/h1-12,14-21,33-34H,13,22-28H2,(H,37,43)(H,41,42);1-9,14,19H,10-13H2,(H,21,22)/t33?,34-;/m0./s1. The van der Waals surface area contributed by atoms with Crippen LogP contribution in [0.15, 0.2) is 186 Å². The van der Waals surface area contributed by atoms with Crippen molar-refractivity contribution >= 4 is 56.4 Å². The van der Waals surface area contributed by atoms with Gasteiger partial charge in [0.2, 0.25) is 9.84 Å². The first-order chi connectivity index (χ1) is 33.0. The molecule has 2 saturated heterocycles. The highest BCUT2D eigenvalue weighted by Gasteiger charge is 2.36. The highest BCUT2D eigenvalue weighted by Crippen LogP contribution is 2.31. The van der Waals surface area contributed by atoms with Gasteiger partial charge in [-0.2, -0.15) is 0 Å². The Morgan fingerprint density at radius 2 is 1.18 bits per heavy atom. The molecule has 0 radical (unpaired) electrons. The summed E-state index contributed by atoms with van der Waals surface area (Å²) in [5.41, 5.74) is 5.06. The van der Waals surface area contributed by atoms with Crippen LogP contribution in [-0.2, 0) is 22.9 Å². The molecule has 0 saturated carbocycles. The maximum absolute atomic E-state index is 12.9. The zero-order chi connectivity index (χ0) is 47.7. The molecule has 14 heteroatoms. The topological polar surface area (TPSA) is 146 Å². The molecule has 0 spiro atoms. The van der Waals surface area contributed by atoms with E-state index in [1.807, 2.05) is 60.7 Å². The first-order valence-corrected chi connectivity index (χ1v) is 25.1. The van der Waals surface area contributed by atoms with Crippen LogP contribution in [0.25, 0.3) is 0 Å². The minimum atomic E-state index is -3.61. The Morgan fingerprint density at radius 1 is 0.647 bits per heavy atom. The van der Waals surface area contributed by atoms with Crippen molar-refractivity contribution in [2.45, 2.75) is 79.5 Å². The van der Waals surface area contributed by atoms with Gasteiger partial charge in [0.1, 0.15) is 0 Å². The number of likely N-dealkylation sites (tertiary alicyclic amines) is 2. The van der Waals surface area contributed by atoms with E-state index in [9.17, 15) is 23.1 Å². The lowest BCUT2D eigenvalue weighted by Gasteiger charge is -2.43. The predicted octanol–water partition coefficient (Wildman–Crippen LogP) is 11.0. The SMILES string of the molecule is O=C(O)N1CCC(Nc2ccccc2S(=O)(=O)c2ccccc2)CC1.O=C(O)N1CC[C@H](N(C(=S)Nc2ccccc2)c2ccccc2)CC1CCCN(Cc1ccccc1)Cc1ccccc1. The second-order valence-electron chi connectivity index (χ2n) is 17.1. The van der Waals surface area contributed by atoms with E-state index in [1.165, 1.54) is 16.0 Å². The molecule has 0 aromatic heterocycles. The molecule has 2 heterocycles. The van der Waals surface area contributed by atoms with Gasteiger partial charge in [-0.1, -0.05) is 127 Å². The van der Waals surface area contributed by atoms with Gasteiger partial charge < -0.3 is 35.5 Å². The van der Waals surface area contributed by atoms with Gasteiger partial charge in [0.25, 0.3) is 0 Å². The largest absolute Gasteiger partial charge is 0.465 e. The molecule has 1 unspecified atom stereocenters. The number of amides is 2. The Morgan fingerprint density at radius 3 is 1.75 bits per heavy atom. The van der Waals surface area contributed by atoms with Crippen LogP contribution in [0.1, 0.15) is 49.7 Å². The fourth-order valence-corrected chi connectivity index (χ4v) is 10.8. The van der Waals surface area contributed by atoms with Gasteiger partial charge in [0.15, 0.2) is 5.11 Å². The first-order valence-electron chi connectivity index (χ1n) is 23.2. The highest BCUT2D eigenvalue weighted by atomic mass is 32.2. The van der Waals surface area contributed by atoms with Crippen LogP contribution in [-0.4, -0.2) is 94.9 Å². The Balaban J connectivity index is 0.000000232. The van der Waals surface area contributed by atoms with Crippen LogP contribution >= 0.6 is 12.2 Å². The normalized spacial score (nSPS) is 16.2. The summed E-state index contributed by atoms with van der Waals surface area (Å²) >= 11 is 5.96. The molecule has 68 heavy (non-hydrogen) atoms. The number of carbonyl (C=O) groups is 2. The molecule has 354 valence electrons. The lowest BCUT2D eigenvalue weighted by atomic mass is 9.92. The van der Waals surface area contributed by atoms with E-state index in [0.717, 1.165) is 50.3 Å². The molecule has 6 aromatic rings. The third kappa shape index (κ3) is 13.7. The second kappa shape index (κ2) is 24.3. The molecule has 2 atom stereocenters. The van der Waals surface area contributed by atoms with E-state index >= 15 is 0 Å². The van der Waals surface area contributed by atoms with Crippen LogP contribution in [0.4, 0.5) is 26.7 Å². The molecule has 0 bridgehead atoms. The summed E-state index contributed by atoms with van der Waals surface area (Å²) < 4.78 is 25.8. The summed E-state index contributed by atoms with van der Waals surface area (Å²) in [5, 5.41) is 26.5. The Bertz CT molecular complexity index is 2580. The van der Waals surface area contributed by atoms with Crippen molar-refractivity contribution in [3.8, 4) is 0 Å². The van der Waals surface area contributed by atoms with Crippen molar-refractivity contribution in [2.75, 3.05) is 41.7 Å². The number of nitrogens with one attached hydrogen (secondary N) is 2. The van der Waals surface area contributed by atoms with Crippen molar-refractivity contribution in [2.24, 2.45) is 0 Å². The molecule has 0 aliphatic carbocycles. The average Bonchev–Trinajstić information content (AvgIpc) is 3.36. The maximum Gasteiger partial charge on any atom is 0.407 e. The predicted molar refractivity (Wildman–Crippen MR) is 274 cm³/mol. The Kier molecular flexibility index (Phi) is 17.6. The van der Waals surface area contributed by atoms with Gasteiger partial charge >= 0.3 is 12.2 Å². The number of hydrogen-bond acceptors (Lipinski definition) is 7. The molecule has 4 N–H and O–H groups in total. The Hall–Kier alpha value is -6.74. The quantitative estimate of drug-likeness (QED) is 0.0730. The van der Waals surface area contributed by atoms with E-state index in [0.29, 0.717) is 49.7 Å². The highest BCUT2D eigenvalue weighted by molar-refractivity contribution is 7.91. The average molecular weight is 953 g/mol. The van der Waals surface area contributed by atoms with Crippen molar-refractivity contribution in [1.82, 2.24) is 14.7 Å². The van der Waals surface area contributed by atoms with Gasteiger partial charge in [-0.3, -0.25) is 4.90 Å². The minimum absolute atomic E-state index is 0.0442. The lowest BCUT2D eigenvalue weighted by molar-refractivity contribution is 0.0954. The number of para-hydroxylation sites is 3. The molecule has 2 aliphatic rings. The maximum atomic E-state index is 12.9. The monoisotopic (exact) mass is 952 g/mol. The fourth-order valence-electron chi connectivity index (χ4n) is 9.01. The van der Waals surface area contributed by atoms with Gasteiger partial charge in [-0.25, -0.2) is 18.0 Å². The van der Waals surface area contributed by atoms with Crippen LogP contribution in [0.3, 0.4) is 0 Å². The van der Waals surface area contributed by atoms with Crippen LogP contribution < -0.4 is 15.5 Å². The molecular weight excluding hydrogens is 893 g/mol. The number of carboxylic acid groups (broad SMARTS) is 2. The van der Waals surface area contributed by atoms with Crippen molar-refractivity contribution in [3.63, 3.8) is 0 Å². The van der Waals surface area contributed by atoms with E-state index < -0.39 is 22.0 Å². The summed E-state index contributed by atoms with van der Waals surface area (Å²) in [6.45, 7) is 3.97. The van der Waals surface area contributed by atoms with Gasteiger partial charge in [-0.05, 0) is 117 Å². The zero-order valence-corrected chi connectivity index (χ0v) is 39.7. The Labute approximate surface area is 405 Å². The van der Waals surface area contributed by atoms with E-state index in [-0.39, 0.29) is 27.9 Å². The van der Waals surface area contributed by atoms with Gasteiger partial charge in [0, 0.05) is 62.2 Å². The number of rotatable bonds is 15. The van der Waals surface area contributed by atoms with Crippen LogP contribution in [0.2, 0.25) is 0 Å². The van der Waals surface area contributed by atoms with E-state index in [4.69, 9.17) is 17.3 Å². The summed E-state index contributed by atoms with van der Waals surface area (Å²) in [6.07, 6.45) is 2.66. The fraction of sp³-hybridized carbons (Fsp3) is 0.278. The number of piperidine rings is 2. The molecular formula is C54H60N6O6S2. The molecule has 12 nitrogen and oxygen atoms in total. The van der Waals surface area contributed by atoms with E-state index in [1.54, 1.807) is 59.5 Å². The number of benzene rings is 6. The van der Waals surface area contributed by atoms with Crippen LogP contribution in [0, 0.1) is 0 Å². The van der Waals surface area contributed by atoms with Crippen molar-refractivity contribution in [3.05, 3.63) is 187 Å². The lowest BCUT2D eigenvalue weighted by Crippen LogP contribution is -2.54. The summed E-state index contributed by atoms with van der Waals surface area (Å²) in [6, 6.07) is 56.4. The van der Waals surface area contributed by atoms with Gasteiger partial charge in [-0.15, -0.1) is 0 Å². The smallest absolute Gasteiger partial charge is 0.407 e. The summed E-state index contributed by atoms with van der Waals surface area (Å²) in [5.74, 6) is 0. The number of sulfone groups is 1. The minimum Gasteiger partial charge on any atom is -0.465 e. The first kappa shape index (κ1) is 49.2.